The molecule has 9 nitrogen and oxygen atoms in total. The number of fused-ring (bicyclic) bond motifs is 1. The van der Waals surface area contributed by atoms with Gasteiger partial charge in [0.15, 0.2) is 11.5 Å². The van der Waals surface area contributed by atoms with Crippen LogP contribution in [0.25, 0.3) is 0 Å². The molecule has 3 aromatic rings. The number of nitrogens with zero attached hydrogens (tertiary/aromatic N) is 1. The van der Waals surface area contributed by atoms with Crippen molar-refractivity contribution in [2.45, 2.75) is 25.8 Å². The van der Waals surface area contributed by atoms with Crippen LogP contribution < -0.4 is 19.5 Å². The van der Waals surface area contributed by atoms with Crippen LogP contribution >= 0.6 is 11.3 Å². The molecule has 0 bridgehead atoms. The molecule has 0 fully saturated rings. The molecule has 4 rings (SSSR count). The lowest BCUT2D eigenvalue weighted by molar-refractivity contribution is 0.0936. The van der Waals surface area contributed by atoms with Gasteiger partial charge in [0, 0.05) is 10.9 Å². The maximum atomic E-state index is 13.0. The minimum absolute atomic E-state index is 0.129. The first-order valence-electron chi connectivity index (χ1n) is 9.79. The molecule has 1 aromatic heterocycles. The van der Waals surface area contributed by atoms with E-state index < -0.39 is 16.3 Å². The Hall–Kier alpha value is -3.15. The highest BCUT2D eigenvalue weighted by molar-refractivity contribution is 7.87. The zero-order valence-electron chi connectivity index (χ0n) is 17.1. The van der Waals surface area contributed by atoms with Crippen LogP contribution in [0.5, 0.6) is 11.5 Å². The minimum atomic E-state index is -4.34. The number of rotatable bonds is 8. The number of hydrogen-bond donors (Lipinski definition) is 3. The van der Waals surface area contributed by atoms with Gasteiger partial charge in [-0.05, 0) is 48.7 Å². The summed E-state index contributed by atoms with van der Waals surface area (Å²) in [4.78, 5) is 17.6. The number of carbonyl (C=O) groups is 1. The number of hydrogen-bond acceptors (Lipinski definition) is 7. The van der Waals surface area contributed by atoms with Crippen molar-refractivity contribution in [2.75, 3.05) is 11.5 Å². The molecule has 32 heavy (non-hydrogen) atoms. The van der Waals surface area contributed by atoms with Crippen molar-refractivity contribution in [2.24, 2.45) is 0 Å². The van der Waals surface area contributed by atoms with E-state index in [0.29, 0.717) is 23.5 Å². The SMILES string of the molecule is CCc1csc([C@H](Cc2ccc(NS(=O)(=O)O)cc2)NC(=O)c2ccc3c(c2)OCO3)n1. The van der Waals surface area contributed by atoms with Crippen LogP contribution in [0, 0.1) is 0 Å². The molecule has 1 atom stereocenters. The Bertz CT molecular complexity index is 1220. The van der Waals surface area contributed by atoms with E-state index in [2.05, 4.69) is 10.3 Å². The van der Waals surface area contributed by atoms with Crippen LogP contribution in [-0.2, 0) is 23.1 Å². The number of nitrogens with one attached hydrogen (secondary N) is 2. The van der Waals surface area contributed by atoms with Crippen molar-refractivity contribution in [1.82, 2.24) is 10.3 Å². The molecule has 2 aromatic carbocycles. The summed E-state index contributed by atoms with van der Waals surface area (Å²) in [6.07, 6.45) is 1.23. The zero-order valence-corrected chi connectivity index (χ0v) is 18.7. The van der Waals surface area contributed by atoms with Crippen molar-refractivity contribution in [3.8, 4) is 11.5 Å². The number of thiazole rings is 1. The first-order valence-corrected chi connectivity index (χ1v) is 12.1. The van der Waals surface area contributed by atoms with Crippen molar-refractivity contribution < 1.29 is 27.2 Å². The first kappa shape index (κ1) is 22.1. The molecule has 1 amide bonds. The molecule has 0 saturated heterocycles. The number of ether oxygens (including phenoxy) is 2. The summed E-state index contributed by atoms with van der Waals surface area (Å²) in [6, 6.07) is 11.2. The Morgan fingerprint density at radius 2 is 1.94 bits per heavy atom. The molecular weight excluding hydrogens is 454 g/mol. The third-order valence-electron chi connectivity index (χ3n) is 4.81. The molecule has 11 heteroatoms. The molecule has 0 aliphatic carbocycles. The van der Waals surface area contributed by atoms with Gasteiger partial charge in [0.2, 0.25) is 6.79 Å². The summed E-state index contributed by atoms with van der Waals surface area (Å²) >= 11 is 1.47. The van der Waals surface area contributed by atoms with Gasteiger partial charge in [-0.1, -0.05) is 19.1 Å². The van der Waals surface area contributed by atoms with Crippen LogP contribution in [0.1, 0.15) is 39.6 Å². The minimum Gasteiger partial charge on any atom is -0.454 e. The van der Waals surface area contributed by atoms with Gasteiger partial charge in [-0.3, -0.25) is 14.1 Å². The van der Waals surface area contributed by atoms with E-state index in [1.807, 2.05) is 17.0 Å². The summed E-state index contributed by atoms with van der Waals surface area (Å²) < 4.78 is 43.5. The third-order valence-corrected chi connectivity index (χ3v) is 6.31. The summed E-state index contributed by atoms with van der Waals surface area (Å²) in [6.45, 7) is 2.14. The second kappa shape index (κ2) is 9.15. The summed E-state index contributed by atoms with van der Waals surface area (Å²) in [5.41, 5.74) is 2.48. The fourth-order valence-corrected chi connectivity index (χ4v) is 4.60. The molecule has 1 aliphatic heterocycles. The molecule has 0 radical (unpaired) electrons. The van der Waals surface area contributed by atoms with Crippen molar-refractivity contribution in [1.29, 1.82) is 0 Å². The fourth-order valence-electron chi connectivity index (χ4n) is 3.22. The average Bonchev–Trinajstić information content (AvgIpc) is 3.42. The third kappa shape index (κ3) is 5.36. The number of aryl methyl sites for hydroxylation is 1. The van der Waals surface area contributed by atoms with Gasteiger partial charge in [-0.25, -0.2) is 4.98 Å². The second-order valence-corrected chi connectivity index (χ2v) is 9.15. The van der Waals surface area contributed by atoms with Crippen LogP contribution in [0.2, 0.25) is 0 Å². The second-order valence-electron chi connectivity index (χ2n) is 7.10. The largest absolute Gasteiger partial charge is 0.454 e. The number of anilines is 1. The van der Waals surface area contributed by atoms with E-state index in [9.17, 15) is 13.2 Å². The lowest BCUT2D eigenvalue weighted by Gasteiger charge is -2.17. The molecule has 0 saturated carbocycles. The lowest BCUT2D eigenvalue weighted by atomic mass is 10.0. The zero-order chi connectivity index (χ0) is 22.7. The maximum Gasteiger partial charge on any atom is 0.357 e. The van der Waals surface area contributed by atoms with Gasteiger partial charge in [0.25, 0.3) is 5.91 Å². The van der Waals surface area contributed by atoms with E-state index >= 15 is 0 Å². The summed E-state index contributed by atoms with van der Waals surface area (Å²) in [7, 11) is -4.34. The highest BCUT2D eigenvalue weighted by Crippen LogP contribution is 2.33. The van der Waals surface area contributed by atoms with Gasteiger partial charge < -0.3 is 14.8 Å². The average molecular weight is 476 g/mol. The fraction of sp³-hybridized carbons (Fsp3) is 0.238. The van der Waals surface area contributed by atoms with Crippen LogP contribution in [-0.4, -0.2) is 30.7 Å². The predicted molar refractivity (Wildman–Crippen MR) is 120 cm³/mol. The molecule has 0 unspecified atom stereocenters. The first-order chi connectivity index (χ1) is 15.3. The molecule has 2 heterocycles. The smallest absolute Gasteiger partial charge is 0.357 e. The monoisotopic (exact) mass is 475 g/mol. The van der Waals surface area contributed by atoms with Crippen molar-refractivity contribution >= 4 is 33.2 Å². The Balaban J connectivity index is 1.54. The topological polar surface area (TPSA) is 127 Å². The number of benzene rings is 2. The molecule has 3 N–H and O–H groups in total. The van der Waals surface area contributed by atoms with E-state index in [1.54, 1.807) is 42.5 Å². The molecule has 168 valence electrons. The number of carbonyl (C=O) groups excluding carboxylic acids is 1. The van der Waals surface area contributed by atoms with Gasteiger partial charge in [0.05, 0.1) is 17.4 Å². The Kier molecular flexibility index (Phi) is 6.31. The molecule has 1 aliphatic rings. The van der Waals surface area contributed by atoms with E-state index in [4.69, 9.17) is 14.0 Å². The Morgan fingerprint density at radius 1 is 1.19 bits per heavy atom. The van der Waals surface area contributed by atoms with E-state index in [-0.39, 0.29) is 18.4 Å². The van der Waals surface area contributed by atoms with Gasteiger partial charge >= 0.3 is 10.3 Å². The van der Waals surface area contributed by atoms with Crippen LogP contribution in [0.4, 0.5) is 5.69 Å². The highest BCUT2D eigenvalue weighted by Gasteiger charge is 2.22. The quantitative estimate of drug-likeness (QED) is 0.426. The van der Waals surface area contributed by atoms with Crippen molar-refractivity contribution in [3.05, 3.63) is 69.7 Å². The molecular formula is C21H21N3O6S2. The number of aromatic nitrogens is 1. The van der Waals surface area contributed by atoms with Crippen LogP contribution in [0.3, 0.4) is 0 Å². The Labute approximate surface area is 189 Å². The molecule has 0 spiro atoms. The standard InChI is InChI=1S/C21H21N3O6S2/c1-2-15-11-31-21(22-15)17(9-13-3-6-16(7-4-13)24-32(26,27)28)23-20(25)14-5-8-18-19(10-14)30-12-29-18/h3-8,10-11,17,24H,2,9,12H2,1H3,(H,23,25)(H,26,27,28)/t17-/m0/s1. The van der Waals surface area contributed by atoms with Gasteiger partial charge in [0.1, 0.15) is 5.01 Å². The normalized spacial score (nSPS) is 13.6. The predicted octanol–water partition coefficient (Wildman–Crippen LogP) is 3.36. The van der Waals surface area contributed by atoms with Crippen LogP contribution in [0.15, 0.2) is 47.8 Å². The van der Waals surface area contributed by atoms with Crippen molar-refractivity contribution in [3.63, 3.8) is 0 Å². The lowest BCUT2D eigenvalue weighted by Crippen LogP contribution is -2.30. The summed E-state index contributed by atoms with van der Waals surface area (Å²) in [5.74, 6) is 0.856. The highest BCUT2D eigenvalue weighted by atomic mass is 32.2. The van der Waals surface area contributed by atoms with Gasteiger partial charge in [-0.15, -0.1) is 11.3 Å². The van der Waals surface area contributed by atoms with E-state index in [1.165, 1.54) is 11.3 Å². The van der Waals surface area contributed by atoms with Gasteiger partial charge in [-0.2, -0.15) is 8.42 Å². The summed E-state index contributed by atoms with van der Waals surface area (Å²) in [5, 5.41) is 5.78. The number of amides is 1. The van der Waals surface area contributed by atoms with E-state index in [0.717, 1.165) is 22.7 Å². The maximum absolute atomic E-state index is 13.0. The Morgan fingerprint density at radius 3 is 2.62 bits per heavy atom.